The van der Waals surface area contributed by atoms with Gasteiger partial charge in [0.1, 0.15) is 25.1 Å². The lowest BCUT2D eigenvalue weighted by atomic mass is 10.1. The highest BCUT2D eigenvalue weighted by Crippen LogP contribution is 2.19. The molecule has 0 bridgehead atoms. The van der Waals surface area contributed by atoms with Crippen LogP contribution in [0.25, 0.3) is 0 Å². The molecule has 0 unspecified atom stereocenters. The molecule has 0 aliphatic carbocycles. The number of rotatable bonds is 4. The zero-order valence-corrected chi connectivity index (χ0v) is 8.25. The van der Waals surface area contributed by atoms with Gasteiger partial charge in [-0.3, -0.25) is 0 Å². The van der Waals surface area contributed by atoms with Crippen molar-refractivity contribution in [1.82, 2.24) is 0 Å². The molecule has 6 nitrogen and oxygen atoms in total. The highest BCUT2D eigenvalue weighted by atomic mass is 16.7. The summed E-state index contributed by atoms with van der Waals surface area (Å²) < 4.78 is 19.9. The van der Waals surface area contributed by atoms with Gasteiger partial charge in [-0.15, -0.1) is 0 Å². The Labute approximate surface area is 82.3 Å². The highest BCUT2D eigenvalue weighted by Gasteiger charge is 2.39. The number of hydrogen-bond acceptors (Lipinski definition) is 6. The van der Waals surface area contributed by atoms with E-state index in [4.69, 9.17) is 18.9 Å². The molecule has 0 spiro atoms. The van der Waals surface area contributed by atoms with Gasteiger partial charge in [0.15, 0.2) is 6.29 Å². The van der Waals surface area contributed by atoms with Gasteiger partial charge in [-0.1, -0.05) is 0 Å². The van der Waals surface area contributed by atoms with E-state index in [0.717, 1.165) is 0 Å². The molecule has 1 fully saturated rings. The summed E-state index contributed by atoms with van der Waals surface area (Å²) in [7, 11) is 2.91. The quantitative estimate of drug-likeness (QED) is 0.559. The summed E-state index contributed by atoms with van der Waals surface area (Å²) in [5.74, 6) is 0. The van der Waals surface area contributed by atoms with Gasteiger partial charge in [0.05, 0.1) is 6.61 Å². The first kappa shape index (κ1) is 11.8. The van der Waals surface area contributed by atoms with Crippen molar-refractivity contribution in [2.24, 2.45) is 0 Å². The van der Waals surface area contributed by atoms with E-state index in [1.54, 1.807) is 0 Å². The minimum atomic E-state index is -1.02. The monoisotopic (exact) mass is 208 g/mol. The second-order valence-corrected chi connectivity index (χ2v) is 3.03. The summed E-state index contributed by atoms with van der Waals surface area (Å²) in [6.07, 6.45) is -3.39. The molecule has 1 rings (SSSR count). The van der Waals surface area contributed by atoms with Crippen LogP contribution in [0.3, 0.4) is 0 Å². The van der Waals surface area contributed by atoms with E-state index in [1.807, 2.05) is 0 Å². The van der Waals surface area contributed by atoms with Gasteiger partial charge in [-0.2, -0.15) is 0 Å². The number of methoxy groups -OCH3 is 2. The fourth-order valence-electron chi connectivity index (χ4n) is 1.29. The second-order valence-electron chi connectivity index (χ2n) is 3.03. The lowest BCUT2D eigenvalue weighted by Crippen LogP contribution is -2.54. The number of aliphatic hydroxyl groups excluding tert-OH is 2. The van der Waals surface area contributed by atoms with Crippen LogP contribution < -0.4 is 0 Å². The van der Waals surface area contributed by atoms with Crippen molar-refractivity contribution in [3.63, 3.8) is 0 Å². The molecule has 0 radical (unpaired) electrons. The molecule has 6 heteroatoms. The molecule has 2 N–H and O–H groups in total. The van der Waals surface area contributed by atoms with Crippen LogP contribution in [-0.2, 0) is 18.9 Å². The average Bonchev–Trinajstić information content (AvgIpc) is 2.20. The van der Waals surface area contributed by atoms with Crippen molar-refractivity contribution in [1.29, 1.82) is 0 Å². The van der Waals surface area contributed by atoms with E-state index >= 15 is 0 Å². The zero-order chi connectivity index (χ0) is 10.6. The molecule has 84 valence electrons. The van der Waals surface area contributed by atoms with Crippen LogP contribution in [0.1, 0.15) is 0 Å². The molecule has 0 aromatic rings. The van der Waals surface area contributed by atoms with Crippen LogP contribution in [0.15, 0.2) is 0 Å². The maximum absolute atomic E-state index is 9.58. The van der Waals surface area contributed by atoms with Crippen molar-refractivity contribution in [2.75, 3.05) is 27.6 Å². The summed E-state index contributed by atoms with van der Waals surface area (Å²) in [6, 6.07) is 0. The first-order chi connectivity index (χ1) is 6.70. The van der Waals surface area contributed by atoms with E-state index in [2.05, 4.69) is 0 Å². The van der Waals surface area contributed by atoms with E-state index in [9.17, 15) is 10.2 Å². The Bertz CT molecular complexity index is 162. The molecular weight excluding hydrogens is 192 g/mol. The first-order valence-corrected chi connectivity index (χ1v) is 4.31. The maximum atomic E-state index is 9.58. The highest BCUT2D eigenvalue weighted by molar-refractivity contribution is 4.83. The SMILES string of the molecule is COCO[C@H]1[C@H](OC)OC[C@@H](O)[C@@H]1O. The van der Waals surface area contributed by atoms with Crippen LogP contribution in [0.5, 0.6) is 0 Å². The summed E-state index contributed by atoms with van der Waals surface area (Å²) >= 11 is 0. The molecule has 1 saturated heterocycles. The van der Waals surface area contributed by atoms with Gasteiger partial charge < -0.3 is 29.2 Å². The van der Waals surface area contributed by atoms with Gasteiger partial charge in [0, 0.05) is 14.2 Å². The Morgan fingerprint density at radius 2 is 2.07 bits per heavy atom. The van der Waals surface area contributed by atoms with Gasteiger partial charge in [0.2, 0.25) is 0 Å². The van der Waals surface area contributed by atoms with Crippen LogP contribution in [0.4, 0.5) is 0 Å². The summed E-state index contributed by atoms with van der Waals surface area (Å²) in [5.41, 5.74) is 0. The molecule has 1 aliphatic rings. The number of ether oxygens (including phenoxy) is 4. The molecule has 0 aromatic carbocycles. The molecule has 1 aliphatic heterocycles. The Morgan fingerprint density at radius 1 is 1.36 bits per heavy atom. The third kappa shape index (κ3) is 2.63. The average molecular weight is 208 g/mol. The van der Waals surface area contributed by atoms with Gasteiger partial charge in [-0.05, 0) is 0 Å². The van der Waals surface area contributed by atoms with E-state index < -0.39 is 24.6 Å². The molecule has 0 amide bonds. The third-order valence-electron chi connectivity index (χ3n) is 2.04. The lowest BCUT2D eigenvalue weighted by molar-refractivity contribution is -0.286. The fourth-order valence-corrected chi connectivity index (χ4v) is 1.29. The smallest absolute Gasteiger partial charge is 0.186 e. The topological polar surface area (TPSA) is 77.4 Å². The predicted octanol–water partition coefficient (Wildman–Crippen LogP) is -1.30. The maximum Gasteiger partial charge on any atom is 0.186 e. The zero-order valence-electron chi connectivity index (χ0n) is 8.25. The van der Waals surface area contributed by atoms with Crippen LogP contribution in [0.2, 0.25) is 0 Å². The number of aliphatic hydroxyl groups is 2. The predicted molar refractivity (Wildman–Crippen MR) is 45.5 cm³/mol. The molecule has 0 saturated carbocycles. The minimum Gasteiger partial charge on any atom is -0.388 e. The van der Waals surface area contributed by atoms with E-state index in [1.165, 1.54) is 14.2 Å². The molecular formula is C8H16O6. The van der Waals surface area contributed by atoms with Gasteiger partial charge in [0.25, 0.3) is 0 Å². The van der Waals surface area contributed by atoms with Crippen molar-refractivity contribution in [3.05, 3.63) is 0 Å². The normalized spacial score (nSPS) is 38.6. The summed E-state index contributed by atoms with van der Waals surface area (Å²) in [5, 5.41) is 18.9. The van der Waals surface area contributed by atoms with Crippen molar-refractivity contribution < 1.29 is 29.2 Å². The summed E-state index contributed by atoms with van der Waals surface area (Å²) in [6.45, 7) is 0.0458. The van der Waals surface area contributed by atoms with Gasteiger partial charge >= 0.3 is 0 Å². The second kappa shape index (κ2) is 5.59. The van der Waals surface area contributed by atoms with Crippen LogP contribution >= 0.6 is 0 Å². The first-order valence-electron chi connectivity index (χ1n) is 4.31. The van der Waals surface area contributed by atoms with E-state index in [-0.39, 0.29) is 13.4 Å². The summed E-state index contributed by atoms with van der Waals surface area (Å²) in [4.78, 5) is 0. The molecule has 0 aromatic heterocycles. The standard InChI is InChI=1S/C8H16O6/c1-11-4-14-7-6(10)5(9)3-13-8(7)12-2/h5-10H,3-4H2,1-2H3/t5-,6+,7-,8-/m1/s1. The van der Waals surface area contributed by atoms with Crippen LogP contribution in [-0.4, -0.2) is 62.4 Å². The Morgan fingerprint density at radius 3 is 2.64 bits per heavy atom. The Balaban J connectivity index is 2.52. The molecule has 4 atom stereocenters. The van der Waals surface area contributed by atoms with Crippen LogP contribution in [0, 0.1) is 0 Å². The number of hydrogen-bond donors (Lipinski definition) is 2. The molecule has 14 heavy (non-hydrogen) atoms. The lowest BCUT2D eigenvalue weighted by Gasteiger charge is -2.36. The third-order valence-corrected chi connectivity index (χ3v) is 2.04. The minimum absolute atomic E-state index is 0.0116. The van der Waals surface area contributed by atoms with Crippen molar-refractivity contribution in [2.45, 2.75) is 24.6 Å². The van der Waals surface area contributed by atoms with Gasteiger partial charge in [-0.25, -0.2) is 0 Å². The Hall–Kier alpha value is -0.240. The molecule has 1 heterocycles. The fraction of sp³-hybridized carbons (Fsp3) is 1.00. The van der Waals surface area contributed by atoms with Crippen molar-refractivity contribution >= 4 is 0 Å². The Kier molecular flexibility index (Phi) is 4.73. The van der Waals surface area contributed by atoms with Crippen molar-refractivity contribution in [3.8, 4) is 0 Å². The van der Waals surface area contributed by atoms with E-state index in [0.29, 0.717) is 0 Å². The largest absolute Gasteiger partial charge is 0.388 e.